The minimum absolute atomic E-state index is 0.0241. The number of rotatable bonds is 8. The van der Waals surface area contributed by atoms with E-state index in [1.807, 2.05) is 54.9 Å². The number of aromatic nitrogens is 3. The molecule has 0 unspecified atom stereocenters. The van der Waals surface area contributed by atoms with Crippen LogP contribution in [0.25, 0.3) is 11.4 Å². The third kappa shape index (κ3) is 5.48. The molecule has 0 aliphatic rings. The van der Waals surface area contributed by atoms with Crippen molar-refractivity contribution in [3.05, 3.63) is 65.7 Å². The Kier molecular flexibility index (Phi) is 7.09. The average Bonchev–Trinajstić information content (AvgIpc) is 3.07. The van der Waals surface area contributed by atoms with Crippen molar-refractivity contribution >= 4 is 17.7 Å². The second-order valence-electron chi connectivity index (χ2n) is 7.37. The van der Waals surface area contributed by atoms with Crippen molar-refractivity contribution < 1.29 is 4.79 Å². The second-order valence-corrected chi connectivity index (χ2v) is 8.68. The third-order valence-corrected chi connectivity index (χ3v) is 6.10. The van der Waals surface area contributed by atoms with Gasteiger partial charge >= 0.3 is 0 Å². The molecule has 0 aliphatic heterocycles. The lowest BCUT2D eigenvalue weighted by atomic mass is 10.1. The summed E-state index contributed by atoms with van der Waals surface area (Å²) in [5.74, 6) is 0.838. The summed E-state index contributed by atoms with van der Waals surface area (Å²) >= 11 is 1.43. The van der Waals surface area contributed by atoms with Crippen molar-refractivity contribution in [1.29, 1.82) is 0 Å². The van der Waals surface area contributed by atoms with E-state index in [4.69, 9.17) is 0 Å². The standard InChI is InChI=1S/C23H28N4OS/c1-16-10-8-9-13-20(16)21-25-26-23(27(21)4)29-18(3)22(28)24-17(2)14-15-19-11-6-5-7-12-19/h5-13,17-18H,14-15H2,1-4H3,(H,24,28)/t17-,18-/m0/s1. The van der Waals surface area contributed by atoms with Crippen molar-refractivity contribution in [3.8, 4) is 11.4 Å². The Hall–Kier alpha value is -2.60. The largest absolute Gasteiger partial charge is 0.353 e. The number of carbonyl (C=O) groups excluding carboxylic acids is 1. The number of thioether (sulfide) groups is 1. The van der Waals surface area contributed by atoms with Gasteiger partial charge in [0.2, 0.25) is 5.91 Å². The van der Waals surface area contributed by atoms with Gasteiger partial charge in [0, 0.05) is 18.7 Å². The molecule has 3 aromatic rings. The summed E-state index contributed by atoms with van der Waals surface area (Å²) in [6.07, 6.45) is 1.86. The molecule has 2 aromatic carbocycles. The highest BCUT2D eigenvalue weighted by Gasteiger charge is 2.21. The average molecular weight is 409 g/mol. The van der Waals surface area contributed by atoms with Crippen molar-refractivity contribution in [2.45, 2.75) is 50.1 Å². The Labute approximate surface area is 176 Å². The first-order valence-corrected chi connectivity index (χ1v) is 10.8. The van der Waals surface area contributed by atoms with E-state index in [0.29, 0.717) is 0 Å². The molecule has 1 N–H and O–H groups in total. The zero-order chi connectivity index (χ0) is 20.8. The number of amides is 1. The maximum absolute atomic E-state index is 12.6. The van der Waals surface area contributed by atoms with Gasteiger partial charge in [0.15, 0.2) is 11.0 Å². The summed E-state index contributed by atoms with van der Waals surface area (Å²) in [7, 11) is 1.94. The molecule has 29 heavy (non-hydrogen) atoms. The topological polar surface area (TPSA) is 59.8 Å². The van der Waals surface area contributed by atoms with Crippen LogP contribution in [0, 0.1) is 6.92 Å². The van der Waals surface area contributed by atoms with Gasteiger partial charge in [-0.25, -0.2) is 0 Å². The van der Waals surface area contributed by atoms with Gasteiger partial charge in [-0.05, 0) is 44.7 Å². The highest BCUT2D eigenvalue weighted by atomic mass is 32.2. The third-order valence-electron chi connectivity index (χ3n) is 4.97. The number of nitrogens with zero attached hydrogens (tertiary/aromatic N) is 3. The number of hydrogen-bond acceptors (Lipinski definition) is 4. The van der Waals surface area contributed by atoms with Crippen molar-refractivity contribution in [2.75, 3.05) is 0 Å². The molecule has 0 fully saturated rings. The van der Waals surface area contributed by atoms with E-state index in [1.54, 1.807) is 0 Å². The molecule has 152 valence electrons. The number of nitrogens with one attached hydrogen (secondary N) is 1. The Morgan fingerprint density at radius 3 is 2.48 bits per heavy atom. The summed E-state index contributed by atoms with van der Waals surface area (Å²) < 4.78 is 1.95. The predicted octanol–water partition coefficient (Wildman–Crippen LogP) is 4.41. The lowest BCUT2D eigenvalue weighted by molar-refractivity contribution is -0.120. The normalized spacial score (nSPS) is 13.1. The van der Waals surface area contributed by atoms with Gasteiger partial charge in [-0.1, -0.05) is 66.4 Å². The van der Waals surface area contributed by atoms with Crippen LogP contribution in [0.15, 0.2) is 59.8 Å². The molecule has 1 aromatic heterocycles. The van der Waals surface area contributed by atoms with E-state index in [2.05, 4.69) is 47.6 Å². The van der Waals surface area contributed by atoms with E-state index in [1.165, 1.54) is 17.3 Å². The lowest BCUT2D eigenvalue weighted by Crippen LogP contribution is -2.38. The van der Waals surface area contributed by atoms with Crippen molar-refractivity contribution in [2.24, 2.45) is 7.05 Å². The van der Waals surface area contributed by atoms with Crippen LogP contribution in [-0.4, -0.2) is 32.0 Å². The van der Waals surface area contributed by atoms with Gasteiger partial charge in [-0.3, -0.25) is 4.79 Å². The van der Waals surface area contributed by atoms with Crippen LogP contribution in [0.2, 0.25) is 0 Å². The van der Waals surface area contributed by atoms with Gasteiger partial charge in [0.25, 0.3) is 0 Å². The molecule has 5 nitrogen and oxygen atoms in total. The van der Waals surface area contributed by atoms with Crippen LogP contribution in [0.1, 0.15) is 31.4 Å². The molecule has 1 amide bonds. The smallest absolute Gasteiger partial charge is 0.233 e. The van der Waals surface area contributed by atoms with Crippen molar-refractivity contribution in [3.63, 3.8) is 0 Å². The van der Waals surface area contributed by atoms with Gasteiger partial charge in [-0.2, -0.15) is 0 Å². The quantitative estimate of drug-likeness (QED) is 0.561. The van der Waals surface area contributed by atoms with Crippen LogP contribution < -0.4 is 5.32 Å². The monoisotopic (exact) mass is 408 g/mol. The minimum Gasteiger partial charge on any atom is -0.353 e. The molecular formula is C23H28N4OS. The molecule has 0 bridgehead atoms. The second kappa shape index (κ2) is 9.74. The molecule has 0 saturated heterocycles. The van der Waals surface area contributed by atoms with Crippen LogP contribution in [0.5, 0.6) is 0 Å². The minimum atomic E-state index is -0.248. The van der Waals surface area contributed by atoms with Crippen LogP contribution in [-0.2, 0) is 18.3 Å². The van der Waals surface area contributed by atoms with E-state index in [9.17, 15) is 4.79 Å². The highest BCUT2D eigenvalue weighted by Crippen LogP contribution is 2.27. The van der Waals surface area contributed by atoms with Gasteiger partial charge in [0.1, 0.15) is 0 Å². The first kappa shape index (κ1) is 21.1. The summed E-state index contributed by atoms with van der Waals surface area (Å²) in [6, 6.07) is 18.6. The van der Waals surface area contributed by atoms with Crippen LogP contribution in [0.4, 0.5) is 0 Å². The molecule has 0 spiro atoms. The summed E-state index contributed by atoms with van der Waals surface area (Å²) in [4.78, 5) is 12.6. The zero-order valence-electron chi connectivity index (χ0n) is 17.4. The summed E-state index contributed by atoms with van der Waals surface area (Å²) in [5.41, 5.74) is 3.50. The fraction of sp³-hybridized carbons (Fsp3) is 0.348. The number of hydrogen-bond donors (Lipinski definition) is 1. The van der Waals surface area contributed by atoms with Crippen LogP contribution in [0.3, 0.4) is 0 Å². The maximum Gasteiger partial charge on any atom is 0.233 e. The van der Waals surface area contributed by atoms with Gasteiger partial charge in [-0.15, -0.1) is 10.2 Å². The number of benzene rings is 2. The van der Waals surface area contributed by atoms with Crippen LogP contribution >= 0.6 is 11.8 Å². The molecule has 1 heterocycles. The van der Waals surface area contributed by atoms with E-state index in [0.717, 1.165) is 34.9 Å². The Morgan fingerprint density at radius 1 is 1.07 bits per heavy atom. The van der Waals surface area contributed by atoms with E-state index >= 15 is 0 Å². The first-order chi connectivity index (χ1) is 14.0. The fourth-order valence-corrected chi connectivity index (χ4v) is 3.97. The molecule has 0 saturated carbocycles. The fourth-order valence-electron chi connectivity index (χ4n) is 3.15. The summed E-state index contributed by atoms with van der Waals surface area (Å²) in [6.45, 7) is 6.02. The summed E-state index contributed by atoms with van der Waals surface area (Å²) in [5, 5.41) is 12.3. The maximum atomic E-state index is 12.6. The number of carbonyl (C=O) groups is 1. The molecule has 0 radical (unpaired) electrons. The molecule has 0 aliphatic carbocycles. The number of aryl methyl sites for hydroxylation is 2. The van der Waals surface area contributed by atoms with Gasteiger partial charge in [0.05, 0.1) is 5.25 Å². The molecule has 2 atom stereocenters. The predicted molar refractivity (Wildman–Crippen MR) is 119 cm³/mol. The zero-order valence-corrected chi connectivity index (χ0v) is 18.2. The van der Waals surface area contributed by atoms with E-state index in [-0.39, 0.29) is 17.2 Å². The van der Waals surface area contributed by atoms with Gasteiger partial charge < -0.3 is 9.88 Å². The first-order valence-electron chi connectivity index (χ1n) is 9.92. The molecule has 3 rings (SSSR count). The van der Waals surface area contributed by atoms with Crippen molar-refractivity contribution in [1.82, 2.24) is 20.1 Å². The Morgan fingerprint density at radius 2 is 1.76 bits per heavy atom. The molecule has 6 heteroatoms. The van der Waals surface area contributed by atoms with E-state index < -0.39 is 0 Å². The lowest BCUT2D eigenvalue weighted by Gasteiger charge is -2.17. The Bertz CT molecular complexity index is 955. The Balaban J connectivity index is 1.56. The molecular weight excluding hydrogens is 380 g/mol. The highest BCUT2D eigenvalue weighted by molar-refractivity contribution is 8.00. The SMILES string of the molecule is Cc1ccccc1-c1nnc(S[C@@H](C)C(=O)N[C@@H](C)CCc2ccccc2)n1C.